The van der Waals surface area contributed by atoms with Crippen LogP contribution in [0.4, 0.5) is 0 Å². The number of rotatable bonds is 4. The third kappa shape index (κ3) is 2.88. The summed E-state index contributed by atoms with van der Waals surface area (Å²) < 4.78 is 6.61. The van der Waals surface area contributed by atoms with Crippen LogP contribution in [0.2, 0.25) is 0 Å². The van der Waals surface area contributed by atoms with Gasteiger partial charge >= 0.3 is 0 Å². The first-order valence-electron chi connectivity index (χ1n) is 6.90. The van der Waals surface area contributed by atoms with Gasteiger partial charge in [0.1, 0.15) is 11.4 Å². The van der Waals surface area contributed by atoms with Crippen LogP contribution in [-0.4, -0.2) is 27.8 Å². The number of hydrogen-bond donors (Lipinski definition) is 0. The van der Waals surface area contributed by atoms with Crippen molar-refractivity contribution in [1.82, 2.24) is 14.8 Å². The Bertz CT molecular complexity index is 781. The molecule has 0 N–H and O–H groups in total. The van der Waals surface area contributed by atoms with Gasteiger partial charge in [0, 0.05) is 18.0 Å². The van der Waals surface area contributed by atoms with Crippen LogP contribution >= 0.6 is 0 Å². The Kier molecular flexibility index (Phi) is 3.96. The number of aromatic nitrogens is 3. The molecule has 0 aliphatic carbocycles. The molecule has 0 amide bonds. The highest BCUT2D eigenvalue weighted by Gasteiger charge is 2.12. The van der Waals surface area contributed by atoms with Crippen molar-refractivity contribution in [3.05, 3.63) is 66.5 Å². The van der Waals surface area contributed by atoms with Crippen molar-refractivity contribution in [2.75, 3.05) is 7.11 Å². The number of carbonyl (C=O) groups is 1. The molecule has 22 heavy (non-hydrogen) atoms. The van der Waals surface area contributed by atoms with E-state index >= 15 is 0 Å². The molecule has 2 aromatic heterocycles. The molecule has 0 unspecified atom stereocenters. The Balaban J connectivity index is 1.80. The normalized spacial score (nSPS) is 10.4. The van der Waals surface area contributed by atoms with E-state index in [0.29, 0.717) is 11.4 Å². The van der Waals surface area contributed by atoms with E-state index in [1.807, 2.05) is 42.5 Å². The zero-order valence-corrected chi connectivity index (χ0v) is 12.1. The first-order chi connectivity index (χ1) is 10.8. The smallest absolute Gasteiger partial charge is 0.251 e. The largest absolute Gasteiger partial charge is 0.496 e. The average Bonchev–Trinajstić information content (AvgIpc) is 3.06. The second-order valence-corrected chi connectivity index (χ2v) is 4.74. The van der Waals surface area contributed by atoms with Crippen LogP contribution in [0, 0.1) is 0 Å². The van der Waals surface area contributed by atoms with Crippen LogP contribution < -0.4 is 4.74 Å². The lowest BCUT2D eigenvalue weighted by Gasteiger charge is -2.07. The molecule has 1 aromatic carbocycles. The molecule has 5 nitrogen and oxygen atoms in total. The summed E-state index contributed by atoms with van der Waals surface area (Å²) in [4.78, 5) is 16.6. The quantitative estimate of drug-likeness (QED) is 0.742. The van der Waals surface area contributed by atoms with Gasteiger partial charge in [0.05, 0.1) is 19.2 Å². The van der Waals surface area contributed by atoms with E-state index in [2.05, 4.69) is 10.1 Å². The van der Waals surface area contributed by atoms with Gasteiger partial charge in [-0.05, 0) is 24.3 Å². The Hall–Kier alpha value is -2.95. The van der Waals surface area contributed by atoms with E-state index in [-0.39, 0.29) is 12.3 Å². The number of nitrogens with zero attached hydrogens (tertiary/aromatic N) is 3. The van der Waals surface area contributed by atoms with Gasteiger partial charge in [-0.1, -0.05) is 24.3 Å². The lowest BCUT2D eigenvalue weighted by atomic mass is 10.1. The standard InChI is InChI=1S/C17H15N3O2/c1-22-16-8-3-2-6-13(16)12-17(21)20-11-9-15(19-20)14-7-4-5-10-18-14/h2-11H,12H2,1H3. The van der Waals surface area contributed by atoms with Crippen LogP contribution in [0.15, 0.2) is 60.9 Å². The van der Waals surface area contributed by atoms with Gasteiger partial charge in [-0.15, -0.1) is 0 Å². The summed E-state index contributed by atoms with van der Waals surface area (Å²) in [5.41, 5.74) is 2.25. The first-order valence-corrected chi connectivity index (χ1v) is 6.90. The number of benzene rings is 1. The van der Waals surface area contributed by atoms with E-state index in [1.54, 1.807) is 25.6 Å². The van der Waals surface area contributed by atoms with Crippen molar-refractivity contribution in [2.45, 2.75) is 6.42 Å². The van der Waals surface area contributed by atoms with Crippen LogP contribution in [-0.2, 0) is 6.42 Å². The van der Waals surface area contributed by atoms with Crippen molar-refractivity contribution in [1.29, 1.82) is 0 Å². The number of hydrogen-bond acceptors (Lipinski definition) is 4. The van der Waals surface area contributed by atoms with Gasteiger partial charge in [0.25, 0.3) is 5.91 Å². The molecular weight excluding hydrogens is 278 g/mol. The highest BCUT2D eigenvalue weighted by Crippen LogP contribution is 2.19. The van der Waals surface area contributed by atoms with Gasteiger partial charge in [0.15, 0.2) is 0 Å². The molecular formula is C17H15N3O2. The number of para-hydroxylation sites is 1. The summed E-state index contributed by atoms with van der Waals surface area (Å²) in [6.07, 6.45) is 3.58. The second kappa shape index (κ2) is 6.22. The summed E-state index contributed by atoms with van der Waals surface area (Å²) in [6, 6.07) is 14.8. The SMILES string of the molecule is COc1ccccc1CC(=O)n1ccc(-c2ccccn2)n1. The molecule has 5 heteroatoms. The molecule has 110 valence electrons. The van der Waals surface area contributed by atoms with E-state index in [0.717, 1.165) is 11.3 Å². The lowest BCUT2D eigenvalue weighted by molar-refractivity contribution is 0.0898. The molecule has 3 rings (SSSR count). The fourth-order valence-electron chi connectivity index (χ4n) is 2.21. The molecule has 0 aliphatic heterocycles. The van der Waals surface area contributed by atoms with Gasteiger partial charge < -0.3 is 4.74 Å². The van der Waals surface area contributed by atoms with Crippen LogP contribution in [0.1, 0.15) is 10.4 Å². The van der Waals surface area contributed by atoms with Gasteiger partial charge in [0.2, 0.25) is 0 Å². The predicted molar refractivity (Wildman–Crippen MR) is 82.8 cm³/mol. The Morgan fingerprint density at radius 3 is 2.68 bits per heavy atom. The van der Waals surface area contributed by atoms with E-state index < -0.39 is 0 Å². The summed E-state index contributed by atoms with van der Waals surface area (Å²) in [5, 5.41) is 4.30. The number of carbonyl (C=O) groups excluding carboxylic acids is 1. The minimum absolute atomic E-state index is 0.119. The van der Waals surface area contributed by atoms with E-state index in [4.69, 9.17) is 4.74 Å². The van der Waals surface area contributed by atoms with Crippen molar-refractivity contribution in [2.24, 2.45) is 0 Å². The fourth-order valence-corrected chi connectivity index (χ4v) is 2.21. The highest BCUT2D eigenvalue weighted by atomic mass is 16.5. The summed E-state index contributed by atoms with van der Waals surface area (Å²) in [5.74, 6) is 0.583. The average molecular weight is 293 g/mol. The predicted octanol–water partition coefficient (Wildman–Crippen LogP) is 2.84. The maximum atomic E-state index is 12.4. The Morgan fingerprint density at radius 2 is 1.91 bits per heavy atom. The number of ether oxygens (including phenoxy) is 1. The minimum atomic E-state index is -0.119. The molecule has 2 heterocycles. The zero-order valence-electron chi connectivity index (χ0n) is 12.1. The molecule has 0 spiro atoms. The topological polar surface area (TPSA) is 57.0 Å². The first kappa shape index (κ1) is 14.0. The molecule has 3 aromatic rings. The summed E-state index contributed by atoms with van der Waals surface area (Å²) in [6.45, 7) is 0. The van der Waals surface area contributed by atoms with E-state index in [9.17, 15) is 4.79 Å². The van der Waals surface area contributed by atoms with Crippen molar-refractivity contribution in [3.63, 3.8) is 0 Å². The van der Waals surface area contributed by atoms with Crippen LogP contribution in [0.25, 0.3) is 11.4 Å². The van der Waals surface area contributed by atoms with Gasteiger partial charge in [-0.3, -0.25) is 9.78 Å². The highest BCUT2D eigenvalue weighted by molar-refractivity contribution is 5.81. The molecule has 0 saturated carbocycles. The number of pyridine rings is 1. The van der Waals surface area contributed by atoms with Crippen molar-refractivity contribution >= 4 is 5.91 Å². The third-order valence-electron chi connectivity index (χ3n) is 3.31. The molecule has 0 saturated heterocycles. The van der Waals surface area contributed by atoms with Crippen LogP contribution in [0.3, 0.4) is 0 Å². The number of methoxy groups -OCH3 is 1. The molecule has 0 aliphatic rings. The Morgan fingerprint density at radius 1 is 1.09 bits per heavy atom. The maximum absolute atomic E-state index is 12.4. The van der Waals surface area contributed by atoms with Crippen molar-refractivity contribution < 1.29 is 9.53 Å². The zero-order chi connectivity index (χ0) is 15.4. The third-order valence-corrected chi connectivity index (χ3v) is 3.31. The molecule has 0 fully saturated rings. The van der Waals surface area contributed by atoms with Gasteiger partial charge in [-0.2, -0.15) is 5.10 Å². The lowest BCUT2D eigenvalue weighted by Crippen LogP contribution is -2.14. The fraction of sp³-hybridized carbons (Fsp3) is 0.118. The van der Waals surface area contributed by atoms with E-state index in [1.165, 1.54) is 4.68 Å². The van der Waals surface area contributed by atoms with Crippen LogP contribution in [0.5, 0.6) is 5.75 Å². The van der Waals surface area contributed by atoms with Gasteiger partial charge in [-0.25, -0.2) is 4.68 Å². The summed E-state index contributed by atoms with van der Waals surface area (Å²) >= 11 is 0. The molecule has 0 bridgehead atoms. The Labute approximate surface area is 128 Å². The minimum Gasteiger partial charge on any atom is -0.496 e. The monoisotopic (exact) mass is 293 g/mol. The second-order valence-electron chi connectivity index (χ2n) is 4.74. The molecule has 0 atom stereocenters. The molecule has 0 radical (unpaired) electrons. The maximum Gasteiger partial charge on any atom is 0.251 e. The summed E-state index contributed by atoms with van der Waals surface area (Å²) in [7, 11) is 1.59. The van der Waals surface area contributed by atoms with Crippen molar-refractivity contribution in [3.8, 4) is 17.1 Å².